The highest BCUT2D eigenvalue weighted by Gasteiger charge is 2.14. The summed E-state index contributed by atoms with van der Waals surface area (Å²) in [7, 11) is 0. The fraction of sp³-hybridized carbons (Fsp3) is 0.0714. The molecular weight excluding hydrogens is 338 g/mol. The first-order valence-corrected chi connectivity index (χ1v) is 6.68. The van der Waals surface area contributed by atoms with Crippen molar-refractivity contribution in [1.82, 2.24) is 4.57 Å². The largest absolute Gasteiger partial charge is 0.480 e. The minimum atomic E-state index is -1.04. The number of anilines is 1. The fourth-order valence-corrected chi connectivity index (χ4v) is 2.17. The minimum absolute atomic E-state index is 0.210. The van der Waals surface area contributed by atoms with Crippen LogP contribution < -0.4 is 5.32 Å². The molecule has 0 saturated heterocycles. The number of rotatable bonds is 4. The Morgan fingerprint density at radius 3 is 2.81 bits per heavy atom. The summed E-state index contributed by atoms with van der Waals surface area (Å²) in [4.78, 5) is 23.0. The molecule has 0 atom stereocenters. The van der Waals surface area contributed by atoms with Crippen molar-refractivity contribution in [2.45, 2.75) is 6.54 Å². The predicted molar refractivity (Wildman–Crippen MR) is 78.9 cm³/mol. The van der Waals surface area contributed by atoms with Crippen molar-refractivity contribution in [1.29, 1.82) is 5.26 Å². The third kappa shape index (κ3) is 3.49. The molecule has 1 heterocycles. The summed E-state index contributed by atoms with van der Waals surface area (Å²) >= 11 is 3.27. The zero-order valence-corrected chi connectivity index (χ0v) is 12.3. The Morgan fingerprint density at radius 1 is 1.38 bits per heavy atom. The van der Waals surface area contributed by atoms with Crippen LogP contribution in [0.3, 0.4) is 0 Å². The number of hydrogen-bond acceptors (Lipinski definition) is 3. The minimum Gasteiger partial charge on any atom is -0.480 e. The van der Waals surface area contributed by atoms with Crippen molar-refractivity contribution in [3.63, 3.8) is 0 Å². The number of nitrogens with one attached hydrogen (secondary N) is 1. The van der Waals surface area contributed by atoms with Crippen LogP contribution in [-0.2, 0) is 11.3 Å². The lowest BCUT2D eigenvalue weighted by atomic mass is 10.2. The highest BCUT2D eigenvalue weighted by atomic mass is 79.9. The Balaban J connectivity index is 2.27. The molecule has 0 aliphatic carbocycles. The van der Waals surface area contributed by atoms with Gasteiger partial charge in [0.1, 0.15) is 18.3 Å². The molecule has 0 radical (unpaired) electrons. The SMILES string of the molecule is N#Cc1ccc(Br)cc1NC(=O)c1cccn1CC(=O)O. The van der Waals surface area contributed by atoms with E-state index in [0.29, 0.717) is 11.3 Å². The standard InChI is InChI=1S/C14H10BrN3O3/c15-10-4-3-9(7-16)11(6-10)17-14(21)12-2-1-5-18(12)8-13(19)20/h1-6H,8H2,(H,17,21)(H,19,20). The molecule has 2 rings (SSSR count). The zero-order chi connectivity index (χ0) is 15.4. The van der Waals surface area contributed by atoms with Crippen molar-refractivity contribution in [3.05, 3.63) is 52.3 Å². The van der Waals surface area contributed by atoms with E-state index in [1.165, 1.54) is 16.8 Å². The van der Waals surface area contributed by atoms with Crippen LogP contribution in [-0.4, -0.2) is 21.6 Å². The topological polar surface area (TPSA) is 95.1 Å². The quantitative estimate of drug-likeness (QED) is 0.887. The molecule has 6 nitrogen and oxygen atoms in total. The molecule has 1 aromatic heterocycles. The average molecular weight is 348 g/mol. The maximum Gasteiger partial charge on any atom is 0.323 e. The first-order valence-electron chi connectivity index (χ1n) is 5.89. The van der Waals surface area contributed by atoms with Crippen LogP contribution in [0.1, 0.15) is 16.1 Å². The molecule has 0 saturated carbocycles. The van der Waals surface area contributed by atoms with Crippen LogP contribution in [0.25, 0.3) is 0 Å². The molecule has 0 bridgehead atoms. The number of carboxylic acids is 1. The molecular formula is C14H10BrN3O3. The summed E-state index contributed by atoms with van der Waals surface area (Å²) in [6, 6.07) is 9.97. The van der Waals surface area contributed by atoms with Crippen LogP contribution in [0.2, 0.25) is 0 Å². The predicted octanol–water partition coefficient (Wildman–Crippen LogP) is 2.46. The van der Waals surface area contributed by atoms with E-state index in [0.717, 1.165) is 4.47 Å². The van der Waals surface area contributed by atoms with E-state index < -0.39 is 11.9 Å². The van der Waals surface area contributed by atoms with Gasteiger partial charge in [-0.25, -0.2) is 0 Å². The summed E-state index contributed by atoms with van der Waals surface area (Å²) in [5.41, 5.74) is 0.893. The second kappa shape index (κ2) is 6.24. The average Bonchev–Trinajstić information content (AvgIpc) is 2.86. The summed E-state index contributed by atoms with van der Waals surface area (Å²) in [5.74, 6) is -1.52. The second-order valence-corrected chi connectivity index (χ2v) is 5.09. The zero-order valence-electron chi connectivity index (χ0n) is 10.7. The smallest absolute Gasteiger partial charge is 0.323 e. The van der Waals surface area contributed by atoms with Gasteiger partial charge in [-0.05, 0) is 30.3 Å². The van der Waals surface area contributed by atoms with Crippen molar-refractivity contribution < 1.29 is 14.7 Å². The van der Waals surface area contributed by atoms with Crippen molar-refractivity contribution >= 4 is 33.5 Å². The monoisotopic (exact) mass is 347 g/mol. The summed E-state index contributed by atoms with van der Waals surface area (Å²) in [6.07, 6.45) is 1.51. The number of carbonyl (C=O) groups is 2. The molecule has 1 amide bonds. The number of aliphatic carboxylic acids is 1. The Kier molecular flexibility index (Phi) is 4.40. The number of amides is 1. The molecule has 0 spiro atoms. The van der Waals surface area contributed by atoms with Gasteiger partial charge >= 0.3 is 5.97 Å². The van der Waals surface area contributed by atoms with Gasteiger partial charge in [0.05, 0.1) is 11.3 Å². The van der Waals surface area contributed by atoms with Crippen LogP contribution in [0.5, 0.6) is 0 Å². The van der Waals surface area contributed by atoms with Gasteiger partial charge in [0, 0.05) is 10.7 Å². The maximum atomic E-state index is 12.2. The highest BCUT2D eigenvalue weighted by molar-refractivity contribution is 9.10. The normalized spacial score (nSPS) is 9.90. The summed E-state index contributed by atoms with van der Waals surface area (Å²) < 4.78 is 2.04. The van der Waals surface area contributed by atoms with E-state index in [4.69, 9.17) is 10.4 Å². The van der Waals surface area contributed by atoms with Gasteiger partial charge in [-0.3, -0.25) is 9.59 Å². The summed E-state index contributed by atoms with van der Waals surface area (Å²) in [5, 5.41) is 20.4. The van der Waals surface area contributed by atoms with Crippen molar-refractivity contribution in [3.8, 4) is 6.07 Å². The molecule has 0 fully saturated rings. The third-order valence-corrected chi connectivity index (χ3v) is 3.21. The molecule has 1 aromatic carbocycles. The lowest BCUT2D eigenvalue weighted by Crippen LogP contribution is -2.19. The molecule has 0 unspecified atom stereocenters. The van der Waals surface area contributed by atoms with Crippen LogP contribution >= 0.6 is 15.9 Å². The third-order valence-electron chi connectivity index (χ3n) is 2.72. The Labute approximate surface area is 128 Å². The van der Waals surface area contributed by atoms with Gasteiger partial charge in [0.25, 0.3) is 5.91 Å². The van der Waals surface area contributed by atoms with E-state index in [1.54, 1.807) is 24.3 Å². The van der Waals surface area contributed by atoms with E-state index in [1.807, 2.05) is 6.07 Å². The highest BCUT2D eigenvalue weighted by Crippen LogP contribution is 2.21. The number of aromatic nitrogens is 1. The fourth-order valence-electron chi connectivity index (χ4n) is 1.81. The lowest BCUT2D eigenvalue weighted by molar-refractivity contribution is -0.137. The van der Waals surface area contributed by atoms with Gasteiger partial charge < -0.3 is 15.0 Å². The van der Waals surface area contributed by atoms with Gasteiger partial charge in [-0.1, -0.05) is 15.9 Å². The number of carbonyl (C=O) groups excluding carboxylic acids is 1. The molecule has 0 aliphatic rings. The van der Waals surface area contributed by atoms with Gasteiger partial charge in [0.2, 0.25) is 0 Å². The van der Waals surface area contributed by atoms with Crippen LogP contribution in [0.4, 0.5) is 5.69 Å². The molecule has 21 heavy (non-hydrogen) atoms. The second-order valence-electron chi connectivity index (χ2n) is 4.17. The Hall–Kier alpha value is -2.59. The number of nitriles is 1. The van der Waals surface area contributed by atoms with E-state index >= 15 is 0 Å². The maximum absolute atomic E-state index is 12.2. The Morgan fingerprint density at radius 2 is 2.14 bits per heavy atom. The molecule has 2 N–H and O–H groups in total. The molecule has 2 aromatic rings. The molecule has 0 aliphatic heterocycles. The van der Waals surface area contributed by atoms with Crippen LogP contribution in [0.15, 0.2) is 41.0 Å². The first kappa shape index (κ1) is 14.8. The van der Waals surface area contributed by atoms with E-state index in [9.17, 15) is 9.59 Å². The number of hydrogen-bond donors (Lipinski definition) is 2. The van der Waals surface area contributed by atoms with E-state index in [2.05, 4.69) is 21.2 Å². The molecule has 106 valence electrons. The number of nitrogens with zero attached hydrogens (tertiary/aromatic N) is 2. The van der Waals surface area contributed by atoms with Crippen molar-refractivity contribution in [2.75, 3.05) is 5.32 Å². The first-order chi connectivity index (χ1) is 10.0. The number of carboxylic acid groups (broad SMARTS) is 1. The number of benzene rings is 1. The van der Waals surface area contributed by atoms with Crippen molar-refractivity contribution in [2.24, 2.45) is 0 Å². The number of halogens is 1. The lowest BCUT2D eigenvalue weighted by Gasteiger charge is -2.09. The van der Waals surface area contributed by atoms with Gasteiger partial charge in [0.15, 0.2) is 0 Å². The Bertz CT molecular complexity index is 746. The molecule has 7 heteroatoms. The van der Waals surface area contributed by atoms with E-state index in [-0.39, 0.29) is 12.2 Å². The summed E-state index contributed by atoms with van der Waals surface area (Å²) in [6.45, 7) is -0.306. The van der Waals surface area contributed by atoms with Crippen LogP contribution in [0, 0.1) is 11.3 Å². The van der Waals surface area contributed by atoms with Gasteiger partial charge in [-0.15, -0.1) is 0 Å². The van der Waals surface area contributed by atoms with Gasteiger partial charge in [-0.2, -0.15) is 5.26 Å².